The highest BCUT2D eigenvalue weighted by Crippen LogP contribution is 2.13. The molecule has 108 valence electrons. The number of carbonyl (C=O) groups is 3. The van der Waals surface area contributed by atoms with Crippen LogP contribution in [0.1, 0.15) is 18.0 Å². The van der Waals surface area contributed by atoms with Crippen molar-refractivity contribution in [2.24, 2.45) is 5.73 Å². The second-order valence-corrected chi connectivity index (χ2v) is 3.98. The van der Waals surface area contributed by atoms with Gasteiger partial charge in [0.05, 0.1) is 7.11 Å². The van der Waals surface area contributed by atoms with E-state index in [0.717, 1.165) is 5.56 Å². The molecule has 1 unspecified atom stereocenters. The van der Waals surface area contributed by atoms with Crippen molar-refractivity contribution in [3.8, 4) is 0 Å². The van der Waals surface area contributed by atoms with Crippen LogP contribution in [0.3, 0.4) is 0 Å². The lowest BCUT2D eigenvalue weighted by Gasteiger charge is -2.16. The topological polar surface area (TPSA) is 111 Å². The molecule has 0 saturated heterocycles. The molecule has 0 aliphatic rings. The van der Waals surface area contributed by atoms with E-state index in [2.05, 4.69) is 5.32 Å². The lowest BCUT2D eigenvalue weighted by molar-refractivity contribution is -0.143. The molecule has 0 bridgehead atoms. The summed E-state index contributed by atoms with van der Waals surface area (Å²) >= 11 is 0. The normalized spacial score (nSPS) is 11.4. The first-order chi connectivity index (χ1) is 9.54. The van der Waals surface area contributed by atoms with Gasteiger partial charge in [-0.05, 0) is 5.56 Å². The highest BCUT2D eigenvalue weighted by atomic mass is 16.5. The maximum atomic E-state index is 11.7. The number of amides is 3. The number of hydrogen-bond acceptors (Lipinski definition) is 5. The zero-order valence-electron chi connectivity index (χ0n) is 11.1. The summed E-state index contributed by atoms with van der Waals surface area (Å²) in [5, 5.41) is 4.85. The van der Waals surface area contributed by atoms with Gasteiger partial charge in [0.25, 0.3) is 0 Å². The molecule has 0 fully saturated rings. The molecule has 20 heavy (non-hydrogen) atoms. The molecule has 0 spiro atoms. The van der Waals surface area contributed by atoms with Crippen LogP contribution >= 0.6 is 0 Å². The molecule has 0 aromatic heterocycles. The van der Waals surface area contributed by atoms with E-state index >= 15 is 0 Å². The first-order valence-corrected chi connectivity index (χ1v) is 6.00. The number of imide groups is 1. The smallest absolute Gasteiger partial charge is 0.327 e. The Balaban J connectivity index is 2.57. The molecule has 1 aromatic rings. The molecule has 0 heterocycles. The number of ether oxygens (including phenoxy) is 1. The van der Waals surface area contributed by atoms with E-state index in [1.807, 2.05) is 11.4 Å². The van der Waals surface area contributed by atoms with Gasteiger partial charge in [0.2, 0.25) is 5.91 Å². The molecule has 1 rings (SSSR count). The van der Waals surface area contributed by atoms with Crippen molar-refractivity contribution in [1.82, 2.24) is 10.6 Å². The number of nitrogens with two attached hydrogens (primary N) is 1. The summed E-state index contributed by atoms with van der Waals surface area (Å²) < 4.78 is 4.71. The summed E-state index contributed by atoms with van der Waals surface area (Å²) in [6.45, 7) is 0.202. The van der Waals surface area contributed by atoms with Gasteiger partial charge in [0.1, 0.15) is 6.04 Å². The largest absolute Gasteiger partial charge is 0.468 e. The zero-order valence-corrected chi connectivity index (χ0v) is 11.1. The van der Waals surface area contributed by atoms with Crippen LogP contribution in [0.5, 0.6) is 0 Å². The second kappa shape index (κ2) is 7.90. The number of nitrogens with one attached hydrogen (secondary N) is 2. The number of esters is 1. The molecule has 4 N–H and O–H groups in total. The minimum absolute atomic E-state index is 0.0171. The van der Waals surface area contributed by atoms with Crippen molar-refractivity contribution in [1.29, 1.82) is 0 Å². The summed E-state index contributed by atoms with van der Waals surface area (Å²) in [6.07, 6.45) is 0.0171. The first kappa shape index (κ1) is 15.6. The van der Waals surface area contributed by atoms with Crippen LogP contribution in [0.4, 0.5) is 4.79 Å². The first-order valence-electron chi connectivity index (χ1n) is 6.00. The summed E-state index contributed by atoms with van der Waals surface area (Å²) in [5.74, 6) is -0.965. The van der Waals surface area contributed by atoms with Gasteiger partial charge in [0, 0.05) is 13.0 Å². The average molecular weight is 279 g/mol. The fourth-order valence-corrected chi connectivity index (χ4v) is 1.63. The molecule has 0 aliphatic carbocycles. The zero-order chi connectivity index (χ0) is 15.0. The van der Waals surface area contributed by atoms with Crippen LogP contribution in [-0.4, -0.2) is 31.6 Å². The Hall–Kier alpha value is -2.41. The van der Waals surface area contributed by atoms with Crippen molar-refractivity contribution >= 4 is 17.9 Å². The molecule has 7 heteroatoms. The summed E-state index contributed by atoms with van der Waals surface area (Å²) in [7, 11) is 1.29. The molecular weight excluding hydrogens is 262 g/mol. The van der Waals surface area contributed by atoms with E-state index in [-0.39, 0.29) is 13.0 Å². The third kappa shape index (κ3) is 5.07. The van der Waals surface area contributed by atoms with Gasteiger partial charge < -0.3 is 15.8 Å². The molecule has 7 nitrogen and oxygen atoms in total. The SMILES string of the molecule is COC(=O)C(NCCC(=O)NC(N)=O)c1ccccc1. The van der Waals surface area contributed by atoms with Crippen LogP contribution < -0.4 is 16.4 Å². The Morgan fingerprint density at radius 3 is 2.45 bits per heavy atom. The average Bonchev–Trinajstić information content (AvgIpc) is 2.43. The van der Waals surface area contributed by atoms with E-state index in [1.54, 1.807) is 24.3 Å². The predicted molar refractivity (Wildman–Crippen MR) is 71.5 cm³/mol. The maximum absolute atomic E-state index is 11.7. The molecule has 0 aliphatic heterocycles. The van der Waals surface area contributed by atoms with Crippen LogP contribution in [-0.2, 0) is 14.3 Å². The Labute approximate surface area is 116 Å². The van der Waals surface area contributed by atoms with Crippen molar-refractivity contribution < 1.29 is 19.1 Å². The fraction of sp³-hybridized carbons (Fsp3) is 0.308. The molecule has 0 saturated carbocycles. The van der Waals surface area contributed by atoms with Crippen molar-refractivity contribution in [2.75, 3.05) is 13.7 Å². The fourth-order valence-electron chi connectivity index (χ4n) is 1.63. The quantitative estimate of drug-likeness (QED) is 0.638. The molecule has 0 radical (unpaired) electrons. The Morgan fingerprint density at radius 2 is 1.90 bits per heavy atom. The van der Waals surface area contributed by atoms with E-state index < -0.39 is 23.9 Å². The van der Waals surface area contributed by atoms with Gasteiger partial charge in [-0.3, -0.25) is 10.1 Å². The van der Waals surface area contributed by atoms with Gasteiger partial charge in [-0.25, -0.2) is 9.59 Å². The van der Waals surface area contributed by atoms with Gasteiger partial charge in [-0.2, -0.15) is 0 Å². The minimum Gasteiger partial charge on any atom is -0.468 e. The van der Waals surface area contributed by atoms with Gasteiger partial charge >= 0.3 is 12.0 Å². The van der Waals surface area contributed by atoms with Crippen molar-refractivity contribution in [3.05, 3.63) is 35.9 Å². The van der Waals surface area contributed by atoms with Crippen LogP contribution in [0.2, 0.25) is 0 Å². The molecular formula is C13H17N3O4. The molecule has 1 aromatic carbocycles. The Kier molecular flexibility index (Phi) is 6.18. The second-order valence-electron chi connectivity index (χ2n) is 3.98. The third-order valence-electron chi connectivity index (χ3n) is 2.53. The highest BCUT2D eigenvalue weighted by molar-refractivity contribution is 5.93. The van der Waals surface area contributed by atoms with E-state index in [1.165, 1.54) is 7.11 Å². The van der Waals surface area contributed by atoms with Crippen LogP contribution in [0.25, 0.3) is 0 Å². The lowest BCUT2D eigenvalue weighted by Crippen LogP contribution is -2.38. The van der Waals surface area contributed by atoms with E-state index in [9.17, 15) is 14.4 Å². The Morgan fingerprint density at radius 1 is 1.25 bits per heavy atom. The van der Waals surface area contributed by atoms with Gasteiger partial charge in [-0.1, -0.05) is 30.3 Å². The number of rotatable bonds is 6. The predicted octanol–water partition coefficient (Wildman–Crippen LogP) is 0.0753. The third-order valence-corrected chi connectivity index (χ3v) is 2.53. The van der Waals surface area contributed by atoms with Gasteiger partial charge in [0.15, 0.2) is 0 Å². The number of carbonyl (C=O) groups excluding carboxylic acids is 3. The highest BCUT2D eigenvalue weighted by Gasteiger charge is 2.20. The van der Waals surface area contributed by atoms with Crippen LogP contribution in [0, 0.1) is 0 Å². The van der Waals surface area contributed by atoms with Gasteiger partial charge in [-0.15, -0.1) is 0 Å². The summed E-state index contributed by atoms with van der Waals surface area (Å²) in [4.78, 5) is 33.4. The minimum atomic E-state index is -0.900. The molecule has 3 amide bonds. The van der Waals surface area contributed by atoms with Crippen LogP contribution in [0.15, 0.2) is 30.3 Å². The monoisotopic (exact) mass is 279 g/mol. The number of hydrogen-bond donors (Lipinski definition) is 3. The summed E-state index contributed by atoms with van der Waals surface area (Å²) in [5.41, 5.74) is 5.55. The molecule has 1 atom stereocenters. The summed E-state index contributed by atoms with van der Waals surface area (Å²) in [6, 6.07) is 7.42. The van der Waals surface area contributed by atoms with E-state index in [4.69, 9.17) is 10.5 Å². The number of urea groups is 1. The van der Waals surface area contributed by atoms with Crippen molar-refractivity contribution in [2.45, 2.75) is 12.5 Å². The van der Waals surface area contributed by atoms with E-state index in [0.29, 0.717) is 0 Å². The maximum Gasteiger partial charge on any atom is 0.327 e. The number of methoxy groups -OCH3 is 1. The number of primary amides is 1. The Bertz CT molecular complexity index is 476. The lowest BCUT2D eigenvalue weighted by atomic mass is 10.1. The van der Waals surface area contributed by atoms with Crippen molar-refractivity contribution in [3.63, 3.8) is 0 Å². The standard InChI is InChI=1S/C13H17N3O4/c1-20-12(18)11(9-5-3-2-4-6-9)15-8-7-10(17)16-13(14)19/h2-6,11,15H,7-8H2,1H3,(H3,14,16,17,19). The number of benzene rings is 1.